The van der Waals surface area contributed by atoms with Gasteiger partial charge >= 0.3 is 0 Å². The molecule has 0 aliphatic heterocycles. The molecular formula is C17H16F2N2. The van der Waals surface area contributed by atoms with Gasteiger partial charge in [-0.25, -0.2) is 8.78 Å². The second-order valence-corrected chi connectivity index (χ2v) is 5.07. The zero-order valence-corrected chi connectivity index (χ0v) is 11.5. The number of halogens is 2. The predicted octanol–water partition coefficient (Wildman–Crippen LogP) is 3.47. The number of nitrogens with zero attached hydrogens (tertiary/aromatic N) is 1. The molecule has 0 fully saturated rings. The fraction of sp³-hybridized carbons (Fsp3) is 0.176. The molecule has 1 heterocycles. The van der Waals surface area contributed by atoms with Crippen LogP contribution in [0.25, 0.3) is 10.9 Å². The lowest BCUT2D eigenvalue weighted by molar-refractivity contribution is 0.567. The molecule has 108 valence electrons. The quantitative estimate of drug-likeness (QED) is 0.782. The van der Waals surface area contributed by atoms with Crippen LogP contribution in [0.5, 0.6) is 0 Å². The topological polar surface area (TPSA) is 30.9 Å². The molecule has 4 heteroatoms. The number of hydrogen-bond acceptors (Lipinski definition) is 1. The molecule has 1 aromatic heterocycles. The van der Waals surface area contributed by atoms with Gasteiger partial charge in [-0.1, -0.05) is 24.3 Å². The van der Waals surface area contributed by atoms with E-state index in [4.69, 9.17) is 5.73 Å². The highest BCUT2D eigenvalue weighted by molar-refractivity contribution is 5.83. The van der Waals surface area contributed by atoms with E-state index in [1.54, 1.807) is 0 Å². The summed E-state index contributed by atoms with van der Waals surface area (Å²) < 4.78 is 28.8. The highest BCUT2D eigenvalue weighted by atomic mass is 19.1. The molecule has 0 bridgehead atoms. The second-order valence-electron chi connectivity index (χ2n) is 5.07. The largest absolute Gasteiger partial charge is 0.343 e. The normalized spacial score (nSPS) is 11.2. The van der Waals surface area contributed by atoms with Crippen LogP contribution >= 0.6 is 0 Å². The zero-order valence-electron chi connectivity index (χ0n) is 11.5. The standard InChI is InChI=1S/C17H16F2N2/c18-15-5-4-14(16(19)10-15)11-21-9-7-13-3-1-2-12(6-8-20)17(13)21/h1-5,7,9-10H,6,8,11,20H2. The van der Waals surface area contributed by atoms with Crippen molar-refractivity contribution >= 4 is 10.9 Å². The molecule has 2 N–H and O–H groups in total. The summed E-state index contributed by atoms with van der Waals surface area (Å²) in [6.45, 7) is 0.937. The average Bonchev–Trinajstić information content (AvgIpc) is 2.87. The van der Waals surface area contributed by atoms with Crippen LogP contribution in [0.15, 0.2) is 48.7 Å². The van der Waals surface area contributed by atoms with Gasteiger partial charge in [0.2, 0.25) is 0 Å². The van der Waals surface area contributed by atoms with Gasteiger partial charge in [0.15, 0.2) is 0 Å². The SMILES string of the molecule is NCCc1cccc2ccn(Cc3ccc(F)cc3F)c12. The van der Waals surface area contributed by atoms with E-state index in [2.05, 4.69) is 0 Å². The summed E-state index contributed by atoms with van der Waals surface area (Å²) in [6.07, 6.45) is 2.70. The smallest absolute Gasteiger partial charge is 0.131 e. The Labute approximate surface area is 121 Å². The third kappa shape index (κ3) is 2.67. The maximum Gasteiger partial charge on any atom is 0.131 e. The molecule has 21 heavy (non-hydrogen) atoms. The highest BCUT2D eigenvalue weighted by Crippen LogP contribution is 2.22. The Bertz CT molecular complexity index is 778. The van der Waals surface area contributed by atoms with Crippen LogP contribution in [0.3, 0.4) is 0 Å². The number of hydrogen-bond donors (Lipinski definition) is 1. The van der Waals surface area contributed by atoms with Crippen molar-refractivity contribution in [1.82, 2.24) is 4.57 Å². The van der Waals surface area contributed by atoms with Crippen LogP contribution in [-0.4, -0.2) is 11.1 Å². The molecule has 0 aliphatic carbocycles. The molecule has 0 unspecified atom stereocenters. The molecule has 0 radical (unpaired) electrons. The Kier molecular flexibility index (Phi) is 3.71. The lowest BCUT2D eigenvalue weighted by atomic mass is 10.1. The van der Waals surface area contributed by atoms with Crippen LogP contribution in [0.2, 0.25) is 0 Å². The van der Waals surface area contributed by atoms with Crippen molar-refractivity contribution in [2.45, 2.75) is 13.0 Å². The molecule has 2 aromatic carbocycles. The molecule has 0 saturated heterocycles. The van der Waals surface area contributed by atoms with Gasteiger partial charge < -0.3 is 10.3 Å². The van der Waals surface area contributed by atoms with E-state index in [-0.39, 0.29) is 0 Å². The predicted molar refractivity (Wildman–Crippen MR) is 80.2 cm³/mol. The monoisotopic (exact) mass is 286 g/mol. The van der Waals surface area contributed by atoms with E-state index < -0.39 is 11.6 Å². The van der Waals surface area contributed by atoms with Gasteiger partial charge in [0.1, 0.15) is 11.6 Å². The molecule has 0 atom stereocenters. The first-order valence-corrected chi connectivity index (χ1v) is 6.90. The fourth-order valence-electron chi connectivity index (χ4n) is 2.66. The molecular weight excluding hydrogens is 270 g/mol. The Morgan fingerprint density at radius 2 is 1.86 bits per heavy atom. The Morgan fingerprint density at radius 3 is 2.62 bits per heavy atom. The lowest BCUT2D eigenvalue weighted by Gasteiger charge is -2.10. The van der Waals surface area contributed by atoms with E-state index in [9.17, 15) is 8.78 Å². The molecule has 3 rings (SSSR count). The van der Waals surface area contributed by atoms with Crippen LogP contribution < -0.4 is 5.73 Å². The summed E-state index contributed by atoms with van der Waals surface area (Å²) in [5, 5.41) is 1.10. The van der Waals surface area contributed by atoms with E-state index in [0.29, 0.717) is 18.7 Å². The summed E-state index contributed by atoms with van der Waals surface area (Å²) in [5.74, 6) is -1.08. The maximum absolute atomic E-state index is 13.8. The minimum atomic E-state index is -0.558. The summed E-state index contributed by atoms with van der Waals surface area (Å²) in [5.41, 5.74) is 8.32. The van der Waals surface area contributed by atoms with Crippen molar-refractivity contribution in [3.63, 3.8) is 0 Å². The molecule has 0 spiro atoms. The number of benzene rings is 2. The third-order valence-electron chi connectivity index (χ3n) is 3.64. The van der Waals surface area contributed by atoms with Crippen LogP contribution in [0, 0.1) is 11.6 Å². The number of fused-ring (bicyclic) bond motifs is 1. The highest BCUT2D eigenvalue weighted by Gasteiger charge is 2.09. The van der Waals surface area contributed by atoms with Crippen LogP contribution in [0.4, 0.5) is 8.78 Å². The molecule has 0 amide bonds. The first-order valence-electron chi connectivity index (χ1n) is 6.90. The van der Waals surface area contributed by atoms with E-state index >= 15 is 0 Å². The van der Waals surface area contributed by atoms with Gasteiger partial charge in [-0.05, 0) is 36.0 Å². The number of para-hydroxylation sites is 1. The first-order chi connectivity index (χ1) is 10.2. The van der Waals surface area contributed by atoms with Gasteiger partial charge in [0.05, 0.1) is 12.1 Å². The fourth-order valence-corrected chi connectivity index (χ4v) is 2.66. The van der Waals surface area contributed by atoms with Gasteiger partial charge in [-0.15, -0.1) is 0 Å². The number of aromatic nitrogens is 1. The number of rotatable bonds is 4. The molecule has 3 aromatic rings. The summed E-state index contributed by atoms with van der Waals surface area (Å²) in [6, 6.07) is 11.7. The minimum absolute atomic E-state index is 0.372. The second kappa shape index (κ2) is 5.66. The van der Waals surface area contributed by atoms with Gasteiger partial charge in [0, 0.05) is 17.8 Å². The van der Waals surface area contributed by atoms with Crippen molar-refractivity contribution in [2.75, 3.05) is 6.54 Å². The van der Waals surface area contributed by atoms with Gasteiger partial charge in [-0.2, -0.15) is 0 Å². The van der Waals surface area contributed by atoms with Gasteiger partial charge in [-0.3, -0.25) is 0 Å². The molecule has 0 aliphatic rings. The molecule has 0 saturated carbocycles. The summed E-state index contributed by atoms with van der Waals surface area (Å²) >= 11 is 0. The van der Waals surface area contributed by atoms with E-state index in [0.717, 1.165) is 29.0 Å². The minimum Gasteiger partial charge on any atom is -0.343 e. The van der Waals surface area contributed by atoms with Crippen molar-refractivity contribution in [3.05, 3.63) is 71.4 Å². The van der Waals surface area contributed by atoms with Crippen LogP contribution in [0.1, 0.15) is 11.1 Å². The Hall–Kier alpha value is -2.20. The Morgan fingerprint density at radius 1 is 1.00 bits per heavy atom. The van der Waals surface area contributed by atoms with E-state index in [1.165, 1.54) is 12.1 Å². The van der Waals surface area contributed by atoms with Crippen molar-refractivity contribution in [2.24, 2.45) is 5.73 Å². The third-order valence-corrected chi connectivity index (χ3v) is 3.64. The van der Waals surface area contributed by atoms with Crippen molar-refractivity contribution < 1.29 is 8.78 Å². The first kappa shape index (κ1) is 13.8. The Balaban J connectivity index is 2.04. The van der Waals surface area contributed by atoms with Gasteiger partial charge in [0.25, 0.3) is 0 Å². The summed E-state index contributed by atoms with van der Waals surface area (Å²) in [4.78, 5) is 0. The van der Waals surface area contributed by atoms with Crippen molar-refractivity contribution in [1.29, 1.82) is 0 Å². The lowest BCUT2D eigenvalue weighted by Crippen LogP contribution is -2.06. The van der Waals surface area contributed by atoms with E-state index in [1.807, 2.05) is 35.0 Å². The molecule has 2 nitrogen and oxygen atoms in total. The van der Waals surface area contributed by atoms with Crippen molar-refractivity contribution in [3.8, 4) is 0 Å². The zero-order chi connectivity index (χ0) is 14.8. The van der Waals surface area contributed by atoms with Crippen LogP contribution in [-0.2, 0) is 13.0 Å². The summed E-state index contributed by atoms with van der Waals surface area (Å²) in [7, 11) is 0. The maximum atomic E-state index is 13.8. The number of nitrogens with two attached hydrogens (primary N) is 1. The average molecular weight is 286 g/mol.